The Balaban J connectivity index is 1.25. The summed E-state index contributed by atoms with van der Waals surface area (Å²) in [5.74, 6) is 0.928. The second-order valence-corrected chi connectivity index (χ2v) is 12.4. The number of hydrogen-bond donors (Lipinski definition) is 1. The number of aromatic nitrogens is 2. The molecule has 0 bridgehead atoms. The number of rotatable bonds is 6. The molecule has 1 N–H and O–H groups in total. The van der Waals surface area contributed by atoms with Crippen LogP contribution in [-0.4, -0.2) is 52.1 Å². The SMILES string of the molecule is C[C@H]1[C@@H]2OP(=O)(O[C@H]3CSSC[C@@H]3OCc3ccccc3)OC[C@H]2O[C@H]1n1ccc(=O)[nH]c1=O. The molecule has 3 aliphatic rings. The van der Waals surface area contributed by atoms with Crippen LogP contribution in [0.2, 0.25) is 0 Å². The summed E-state index contributed by atoms with van der Waals surface area (Å²) in [5.41, 5.74) is -0.0302. The summed E-state index contributed by atoms with van der Waals surface area (Å²) in [5, 5.41) is 0. The maximum atomic E-state index is 13.5. The minimum Gasteiger partial charge on any atom is -0.370 e. The molecule has 0 radical (unpaired) electrons. The van der Waals surface area contributed by atoms with E-state index in [9.17, 15) is 14.2 Å². The standard InChI is InChI=1S/C21H25N2O8PS2/c1-13-19-15(29-20(13)23-8-7-18(24)22-21(23)25)10-28-32(26,31-19)30-17-12-34-33-11-16(17)27-9-14-5-3-2-4-6-14/h2-8,13,15-17,19-20H,9-12H2,1H3,(H,22,24,25)/t13-,15+,16-,17-,19-,20+,32?/m0/s1. The molecule has 184 valence electrons. The Bertz CT molecular complexity index is 1160. The second kappa shape index (κ2) is 10.3. The van der Waals surface area contributed by atoms with E-state index in [0.29, 0.717) is 18.1 Å². The molecule has 5 rings (SSSR count). The van der Waals surface area contributed by atoms with Gasteiger partial charge in [0.2, 0.25) is 0 Å². The number of H-pyrrole nitrogens is 1. The van der Waals surface area contributed by atoms with Gasteiger partial charge in [-0.05, 0) is 5.56 Å². The molecule has 1 unspecified atom stereocenters. The van der Waals surface area contributed by atoms with Crippen molar-refractivity contribution >= 4 is 29.4 Å². The number of nitrogens with one attached hydrogen (secondary N) is 1. The molecule has 3 saturated heterocycles. The van der Waals surface area contributed by atoms with E-state index < -0.39 is 43.6 Å². The third-order valence-corrected chi connectivity index (χ3v) is 9.86. The van der Waals surface area contributed by atoms with Crippen LogP contribution in [0.3, 0.4) is 0 Å². The van der Waals surface area contributed by atoms with Gasteiger partial charge < -0.3 is 9.47 Å². The minimum absolute atomic E-state index is 0.00500. The monoisotopic (exact) mass is 528 g/mol. The topological polar surface area (TPSA) is 118 Å². The van der Waals surface area contributed by atoms with Crippen molar-refractivity contribution < 1.29 is 27.6 Å². The number of benzene rings is 1. The fourth-order valence-electron chi connectivity index (χ4n) is 4.17. The van der Waals surface area contributed by atoms with E-state index in [-0.39, 0.29) is 18.6 Å². The molecular weight excluding hydrogens is 503 g/mol. The molecular formula is C21H25N2O8PS2. The molecule has 7 atom stereocenters. The zero-order valence-corrected chi connectivity index (χ0v) is 20.8. The highest BCUT2D eigenvalue weighted by atomic mass is 33.1. The van der Waals surface area contributed by atoms with Crippen molar-refractivity contribution in [3.05, 3.63) is 69.0 Å². The number of phosphoric acid groups is 1. The van der Waals surface area contributed by atoms with Gasteiger partial charge >= 0.3 is 13.5 Å². The first-order valence-electron chi connectivity index (χ1n) is 10.9. The van der Waals surface area contributed by atoms with Crippen LogP contribution in [0.15, 0.2) is 52.2 Å². The maximum absolute atomic E-state index is 13.5. The lowest BCUT2D eigenvalue weighted by Gasteiger charge is -2.36. The molecule has 0 amide bonds. The summed E-state index contributed by atoms with van der Waals surface area (Å²) in [6, 6.07) is 11.1. The lowest BCUT2D eigenvalue weighted by molar-refractivity contribution is -0.0861. The number of aromatic amines is 1. The number of ether oxygens (including phenoxy) is 2. The Morgan fingerprint density at radius 2 is 1.91 bits per heavy atom. The van der Waals surface area contributed by atoms with Crippen LogP contribution in [0.25, 0.3) is 0 Å². The number of fused-ring (bicyclic) bond motifs is 1. The first-order valence-corrected chi connectivity index (χ1v) is 14.8. The lowest BCUT2D eigenvalue weighted by Crippen LogP contribution is -2.41. The van der Waals surface area contributed by atoms with E-state index in [0.717, 1.165) is 5.56 Å². The Kier molecular flexibility index (Phi) is 7.38. The first kappa shape index (κ1) is 24.3. The third kappa shape index (κ3) is 5.24. The van der Waals surface area contributed by atoms with E-state index in [4.69, 9.17) is 23.0 Å². The molecule has 34 heavy (non-hydrogen) atoms. The Morgan fingerprint density at radius 3 is 2.68 bits per heavy atom. The quantitative estimate of drug-likeness (QED) is 0.443. The van der Waals surface area contributed by atoms with Crippen LogP contribution in [-0.2, 0) is 34.2 Å². The van der Waals surface area contributed by atoms with Crippen LogP contribution in [0.4, 0.5) is 0 Å². The van der Waals surface area contributed by atoms with Gasteiger partial charge in [-0.1, -0.05) is 58.8 Å². The summed E-state index contributed by atoms with van der Waals surface area (Å²) < 4.78 is 44.1. The fraction of sp³-hybridized carbons (Fsp3) is 0.524. The van der Waals surface area contributed by atoms with E-state index in [1.807, 2.05) is 37.3 Å². The van der Waals surface area contributed by atoms with Gasteiger partial charge in [0, 0.05) is 29.7 Å². The van der Waals surface area contributed by atoms with Gasteiger partial charge in [-0.15, -0.1) is 0 Å². The number of hydrogen-bond acceptors (Lipinski definition) is 10. The number of phosphoric ester groups is 1. The number of nitrogens with zero attached hydrogens (tertiary/aromatic N) is 1. The summed E-state index contributed by atoms with van der Waals surface area (Å²) >= 11 is 0. The van der Waals surface area contributed by atoms with Crippen molar-refractivity contribution in [2.24, 2.45) is 5.92 Å². The molecule has 0 saturated carbocycles. The van der Waals surface area contributed by atoms with E-state index in [1.165, 1.54) is 16.8 Å². The predicted molar refractivity (Wildman–Crippen MR) is 128 cm³/mol. The summed E-state index contributed by atoms with van der Waals surface area (Å²) in [6.45, 7) is 2.26. The normalized spacial score (nSPS) is 35.7. The molecule has 0 aliphatic carbocycles. The van der Waals surface area contributed by atoms with Crippen LogP contribution in [0.1, 0.15) is 18.7 Å². The Hall–Kier alpha value is -1.37. The second-order valence-electron chi connectivity index (χ2n) is 8.30. The summed E-state index contributed by atoms with van der Waals surface area (Å²) in [6.07, 6.45) is -1.18. The first-order chi connectivity index (χ1) is 16.4. The van der Waals surface area contributed by atoms with Crippen LogP contribution >= 0.6 is 29.4 Å². The lowest BCUT2D eigenvalue weighted by atomic mass is 10.0. The molecule has 3 fully saturated rings. The molecule has 10 nitrogen and oxygen atoms in total. The van der Waals surface area contributed by atoms with Gasteiger partial charge in [-0.25, -0.2) is 9.36 Å². The third-order valence-electron chi connectivity index (χ3n) is 5.96. The average molecular weight is 529 g/mol. The van der Waals surface area contributed by atoms with Crippen molar-refractivity contribution in [2.75, 3.05) is 18.1 Å². The van der Waals surface area contributed by atoms with Crippen molar-refractivity contribution in [3.63, 3.8) is 0 Å². The highest BCUT2D eigenvalue weighted by Crippen LogP contribution is 2.59. The van der Waals surface area contributed by atoms with Crippen LogP contribution in [0, 0.1) is 5.92 Å². The van der Waals surface area contributed by atoms with E-state index in [1.54, 1.807) is 21.6 Å². The van der Waals surface area contributed by atoms with Gasteiger partial charge in [0.05, 0.1) is 19.3 Å². The Labute approximate surface area is 203 Å². The molecule has 3 aliphatic heterocycles. The summed E-state index contributed by atoms with van der Waals surface area (Å²) in [7, 11) is -0.582. The van der Waals surface area contributed by atoms with Gasteiger partial charge in [0.1, 0.15) is 24.5 Å². The zero-order valence-electron chi connectivity index (χ0n) is 18.3. The summed E-state index contributed by atoms with van der Waals surface area (Å²) in [4.78, 5) is 25.8. The van der Waals surface area contributed by atoms with Gasteiger partial charge in [0.15, 0.2) is 0 Å². The van der Waals surface area contributed by atoms with Crippen LogP contribution < -0.4 is 11.2 Å². The fourth-order valence-corrected chi connectivity index (χ4v) is 8.37. The molecule has 13 heteroatoms. The smallest absolute Gasteiger partial charge is 0.370 e. The highest BCUT2D eigenvalue weighted by Gasteiger charge is 2.53. The Morgan fingerprint density at radius 1 is 1.15 bits per heavy atom. The molecule has 4 heterocycles. The minimum atomic E-state index is -3.89. The molecule has 0 spiro atoms. The van der Waals surface area contributed by atoms with Crippen molar-refractivity contribution in [3.8, 4) is 0 Å². The van der Waals surface area contributed by atoms with Crippen molar-refractivity contribution in [2.45, 2.75) is 44.2 Å². The highest BCUT2D eigenvalue weighted by molar-refractivity contribution is 8.76. The largest absolute Gasteiger partial charge is 0.475 e. The van der Waals surface area contributed by atoms with Gasteiger partial charge in [-0.2, -0.15) is 0 Å². The average Bonchev–Trinajstić information content (AvgIpc) is 3.14. The van der Waals surface area contributed by atoms with Gasteiger partial charge in [-0.3, -0.25) is 27.9 Å². The van der Waals surface area contributed by atoms with Gasteiger partial charge in [0.25, 0.3) is 5.56 Å². The van der Waals surface area contributed by atoms with Crippen molar-refractivity contribution in [1.29, 1.82) is 0 Å². The van der Waals surface area contributed by atoms with Crippen LogP contribution in [0.5, 0.6) is 0 Å². The maximum Gasteiger partial charge on any atom is 0.475 e. The van der Waals surface area contributed by atoms with E-state index >= 15 is 0 Å². The zero-order chi connectivity index (χ0) is 23.7. The predicted octanol–water partition coefficient (Wildman–Crippen LogP) is 2.96. The van der Waals surface area contributed by atoms with Crippen molar-refractivity contribution in [1.82, 2.24) is 9.55 Å². The molecule has 2 aromatic rings. The van der Waals surface area contributed by atoms with E-state index in [2.05, 4.69) is 4.98 Å². The molecule has 1 aromatic carbocycles. The molecule has 1 aromatic heterocycles.